The van der Waals surface area contributed by atoms with Gasteiger partial charge in [0.15, 0.2) is 9.84 Å². The Morgan fingerprint density at radius 2 is 2.15 bits per heavy atom. The van der Waals surface area contributed by atoms with Crippen molar-refractivity contribution in [1.82, 2.24) is 9.88 Å². The Morgan fingerprint density at radius 3 is 2.93 bits per heavy atom. The quantitative estimate of drug-likeness (QED) is 0.774. The van der Waals surface area contributed by atoms with Gasteiger partial charge in [-0.15, -0.1) is 0 Å². The summed E-state index contributed by atoms with van der Waals surface area (Å²) in [5.41, 5.74) is 1.89. The fourth-order valence-electron chi connectivity index (χ4n) is 3.94. The van der Waals surface area contributed by atoms with Gasteiger partial charge < -0.3 is 14.4 Å². The Balaban J connectivity index is 1.70. The molecule has 2 aliphatic heterocycles. The van der Waals surface area contributed by atoms with Crippen molar-refractivity contribution < 1.29 is 22.7 Å². The summed E-state index contributed by atoms with van der Waals surface area (Å²) in [6.07, 6.45) is 0.535. The van der Waals surface area contributed by atoms with Gasteiger partial charge in [0, 0.05) is 24.6 Å². The molecule has 8 heteroatoms. The molecule has 1 amide bonds. The lowest BCUT2D eigenvalue weighted by molar-refractivity contribution is 0.0293. The molecular formula is C19H22N2O5S. The predicted octanol–water partition coefficient (Wildman–Crippen LogP) is 1.58. The molecule has 1 aromatic carbocycles. The molecule has 0 radical (unpaired) electrons. The van der Waals surface area contributed by atoms with Gasteiger partial charge in [-0.3, -0.25) is 9.78 Å². The van der Waals surface area contributed by atoms with Gasteiger partial charge in [-0.2, -0.15) is 0 Å². The van der Waals surface area contributed by atoms with Crippen LogP contribution in [-0.4, -0.2) is 68.1 Å². The van der Waals surface area contributed by atoms with Crippen LogP contribution in [0.1, 0.15) is 22.5 Å². The molecule has 144 valence electrons. The van der Waals surface area contributed by atoms with Crippen LogP contribution in [0.15, 0.2) is 24.3 Å². The van der Waals surface area contributed by atoms with Crippen LogP contribution in [0.25, 0.3) is 10.9 Å². The number of carbonyl (C=O) groups excluding carboxylic acids is 1. The molecule has 2 atom stereocenters. The number of fused-ring (bicyclic) bond motifs is 2. The van der Waals surface area contributed by atoms with Crippen LogP contribution in [0.3, 0.4) is 0 Å². The summed E-state index contributed by atoms with van der Waals surface area (Å²) in [5, 5.41) is 0.208. The zero-order valence-electron chi connectivity index (χ0n) is 15.3. The van der Waals surface area contributed by atoms with E-state index in [0.717, 1.165) is 10.9 Å². The highest BCUT2D eigenvalue weighted by atomic mass is 32.2. The number of ether oxygens (including phenoxy) is 2. The first-order valence-electron chi connectivity index (χ1n) is 8.96. The normalized spacial score (nSPS) is 24.4. The first kappa shape index (κ1) is 18.2. The maximum absolute atomic E-state index is 13.3. The van der Waals surface area contributed by atoms with E-state index in [2.05, 4.69) is 4.98 Å². The van der Waals surface area contributed by atoms with Crippen molar-refractivity contribution in [2.75, 3.05) is 32.6 Å². The van der Waals surface area contributed by atoms with Crippen molar-refractivity contribution in [3.8, 4) is 5.75 Å². The SMILES string of the molecule is COc1ccc2cc(C(=O)N3CCS(=O)(=O)C4COCCC43)c(C)nc2c1. The van der Waals surface area contributed by atoms with Crippen molar-refractivity contribution in [3.05, 3.63) is 35.5 Å². The average Bonchev–Trinajstić information content (AvgIpc) is 2.66. The second-order valence-corrected chi connectivity index (χ2v) is 9.35. The number of methoxy groups -OCH3 is 1. The third kappa shape index (κ3) is 3.17. The van der Waals surface area contributed by atoms with E-state index in [1.54, 1.807) is 18.9 Å². The second kappa shape index (κ2) is 6.76. The molecule has 4 rings (SSSR count). The molecule has 1 aromatic heterocycles. The molecule has 27 heavy (non-hydrogen) atoms. The van der Waals surface area contributed by atoms with Crippen LogP contribution in [-0.2, 0) is 14.6 Å². The summed E-state index contributed by atoms with van der Waals surface area (Å²) in [4.78, 5) is 19.5. The molecule has 2 saturated heterocycles. The van der Waals surface area contributed by atoms with Gasteiger partial charge in [-0.05, 0) is 31.5 Å². The number of rotatable bonds is 2. The van der Waals surface area contributed by atoms with E-state index < -0.39 is 15.1 Å². The number of pyridine rings is 1. The van der Waals surface area contributed by atoms with E-state index in [-0.39, 0.29) is 30.9 Å². The first-order chi connectivity index (χ1) is 12.9. The third-order valence-corrected chi connectivity index (χ3v) is 7.58. The van der Waals surface area contributed by atoms with Gasteiger partial charge in [0.25, 0.3) is 5.91 Å². The van der Waals surface area contributed by atoms with E-state index >= 15 is 0 Å². The number of aromatic nitrogens is 1. The second-order valence-electron chi connectivity index (χ2n) is 7.01. The largest absolute Gasteiger partial charge is 0.497 e. The minimum Gasteiger partial charge on any atom is -0.497 e. The zero-order valence-corrected chi connectivity index (χ0v) is 16.2. The number of hydrogen-bond acceptors (Lipinski definition) is 6. The van der Waals surface area contributed by atoms with E-state index in [1.165, 1.54) is 0 Å². The zero-order chi connectivity index (χ0) is 19.2. The molecule has 0 bridgehead atoms. The highest BCUT2D eigenvalue weighted by molar-refractivity contribution is 7.92. The number of sulfone groups is 1. The summed E-state index contributed by atoms with van der Waals surface area (Å²) in [7, 11) is -1.64. The molecule has 0 saturated carbocycles. The topological polar surface area (TPSA) is 85.8 Å². The number of amides is 1. The van der Waals surface area contributed by atoms with E-state index in [9.17, 15) is 13.2 Å². The van der Waals surface area contributed by atoms with Crippen molar-refractivity contribution >= 4 is 26.6 Å². The Hall–Kier alpha value is -2.19. The highest BCUT2D eigenvalue weighted by Gasteiger charge is 2.45. The molecule has 2 aliphatic rings. The molecule has 0 aliphatic carbocycles. The minimum absolute atomic E-state index is 0.0273. The van der Waals surface area contributed by atoms with Crippen molar-refractivity contribution in [2.24, 2.45) is 0 Å². The standard InChI is InChI=1S/C19H22N2O5S/c1-12-15(9-13-3-4-14(25-2)10-16(13)20-12)19(22)21-6-8-27(23,24)18-11-26-7-5-17(18)21/h3-4,9-10,17-18H,5-8,11H2,1-2H3. The van der Waals surface area contributed by atoms with Gasteiger partial charge in [0.05, 0.1) is 42.3 Å². The number of hydrogen-bond donors (Lipinski definition) is 0. The number of benzene rings is 1. The Kier molecular flexibility index (Phi) is 4.55. The fourth-order valence-corrected chi connectivity index (χ4v) is 5.76. The number of carbonyl (C=O) groups is 1. The molecule has 0 N–H and O–H groups in total. The van der Waals surface area contributed by atoms with Crippen LogP contribution in [0, 0.1) is 6.92 Å². The van der Waals surface area contributed by atoms with E-state index in [0.29, 0.717) is 30.0 Å². The Labute approximate surface area is 158 Å². The molecule has 2 aromatic rings. The lowest BCUT2D eigenvalue weighted by Crippen LogP contribution is -2.60. The molecular weight excluding hydrogens is 368 g/mol. The van der Waals surface area contributed by atoms with Crippen LogP contribution < -0.4 is 4.74 Å². The first-order valence-corrected chi connectivity index (χ1v) is 10.7. The lowest BCUT2D eigenvalue weighted by Gasteiger charge is -2.43. The molecule has 3 heterocycles. The third-order valence-electron chi connectivity index (χ3n) is 5.45. The van der Waals surface area contributed by atoms with Gasteiger partial charge in [-0.1, -0.05) is 0 Å². The Morgan fingerprint density at radius 1 is 1.33 bits per heavy atom. The molecule has 2 unspecified atom stereocenters. The average molecular weight is 390 g/mol. The summed E-state index contributed by atoms with van der Waals surface area (Å²) >= 11 is 0. The molecule has 7 nitrogen and oxygen atoms in total. The summed E-state index contributed by atoms with van der Waals surface area (Å²) in [6, 6.07) is 7.02. The fraction of sp³-hybridized carbons (Fsp3) is 0.474. The monoisotopic (exact) mass is 390 g/mol. The van der Waals surface area contributed by atoms with Crippen molar-refractivity contribution in [3.63, 3.8) is 0 Å². The van der Waals surface area contributed by atoms with Crippen LogP contribution in [0.2, 0.25) is 0 Å². The smallest absolute Gasteiger partial charge is 0.256 e. The number of nitrogens with zero attached hydrogens (tertiary/aromatic N) is 2. The van der Waals surface area contributed by atoms with E-state index in [4.69, 9.17) is 9.47 Å². The molecule has 0 spiro atoms. The van der Waals surface area contributed by atoms with Crippen molar-refractivity contribution in [1.29, 1.82) is 0 Å². The van der Waals surface area contributed by atoms with Gasteiger partial charge in [0.2, 0.25) is 0 Å². The lowest BCUT2D eigenvalue weighted by atomic mass is 10.0. The van der Waals surface area contributed by atoms with Crippen molar-refractivity contribution in [2.45, 2.75) is 24.6 Å². The highest BCUT2D eigenvalue weighted by Crippen LogP contribution is 2.29. The maximum atomic E-state index is 13.3. The summed E-state index contributed by atoms with van der Waals surface area (Å²) < 4.78 is 35.4. The van der Waals surface area contributed by atoms with Gasteiger partial charge >= 0.3 is 0 Å². The summed E-state index contributed by atoms with van der Waals surface area (Å²) in [6.45, 7) is 2.64. The van der Waals surface area contributed by atoms with E-state index in [1.807, 2.05) is 24.3 Å². The summed E-state index contributed by atoms with van der Waals surface area (Å²) in [5.74, 6) is 0.518. The molecule has 2 fully saturated rings. The predicted molar refractivity (Wildman–Crippen MR) is 101 cm³/mol. The van der Waals surface area contributed by atoms with Crippen LogP contribution in [0.5, 0.6) is 5.75 Å². The maximum Gasteiger partial charge on any atom is 0.256 e. The minimum atomic E-state index is -3.23. The number of aryl methyl sites for hydroxylation is 1. The Bertz CT molecular complexity index is 1000. The van der Waals surface area contributed by atoms with Gasteiger partial charge in [-0.25, -0.2) is 8.42 Å². The van der Waals surface area contributed by atoms with Gasteiger partial charge in [0.1, 0.15) is 11.0 Å². The van der Waals surface area contributed by atoms with Crippen LogP contribution >= 0.6 is 0 Å². The van der Waals surface area contributed by atoms with Crippen LogP contribution in [0.4, 0.5) is 0 Å².